The minimum atomic E-state index is -2.88. The monoisotopic (exact) mass is 385 g/mol. The number of nitrogens with one attached hydrogen (secondary N) is 3. The van der Waals surface area contributed by atoms with Crippen LogP contribution in [-0.2, 0) is 21.1 Å². The van der Waals surface area contributed by atoms with Crippen molar-refractivity contribution in [3.8, 4) is 0 Å². The van der Waals surface area contributed by atoms with Crippen LogP contribution < -0.4 is 9.78 Å². The zero-order chi connectivity index (χ0) is 16.4. The summed E-state index contributed by atoms with van der Waals surface area (Å²) in [4.78, 5) is 0. The number of rotatable bonds is 12. The Morgan fingerprint density at radius 1 is 0.955 bits per heavy atom. The van der Waals surface area contributed by atoms with Gasteiger partial charge in [0.15, 0.2) is 0 Å². The molecule has 1 rings (SSSR count). The molecule has 22 heavy (non-hydrogen) atoms. The van der Waals surface area contributed by atoms with Crippen LogP contribution in [0.3, 0.4) is 0 Å². The Morgan fingerprint density at radius 2 is 1.45 bits per heavy atom. The van der Waals surface area contributed by atoms with E-state index in [1.165, 1.54) is 25.7 Å². The summed E-state index contributed by atoms with van der Waals surface area (Å²) in [6.45, 7) is 14.8. The van der Waals surface area contributed by atoms with Crippen LogP contribution in [0.4, 0.5) is 0 Å². The summed E-state index contributed by atoms with van der Waals surface area (Å²) in [5.74, 6) is 0.722. The van der Waals surface area contributed by atoms with Crippen molar-refractivity contribution < 1.29 is 21.1 Å². The van der Waals surface area contributed by atoms with Gasteiger partial charge in [0, 0.05) is 0 Å². The van der Waals surface area contributed by atoms with Crippen molar-refractivity contribution in [2.45, 2.75) is 66.7 Å². The van der Waals surface area contributed by atoms with Crippen LogP contribution in [0.1, 0.15) is 66.7 Å². The summed E-state index contributed by atoms with van der Waals surface area (Å²) < 4.78 is 13.7. The fourth-order valence-corrected chi connectivity index (χ4v) is 12.8. The third-order valence-electron chi connectivity index (χ3n) is 4.03. The molecule has 0 radical (unpaired) electrons. The van der Waals surface area contributed by atoms with Gasteiger partial charge in [-0.25, -0.2) is 0 Å². The van der Waals surface area contributed by atoms with Gasteiger partial charge < -0.3 is 0 Å². The minimum absolute atomic E-state index is 0.722. The van der Waals surface area contributed by atoms with E-state index in [-0.39, 0.29) is 0 Å². The predicted octanol–water partition coefficient (Wildman–Crippen LogP) is 4.14. The van der Waals surface area contributed by atoms with Crippen LogP contribution in [0.25, 0.3) is 0 Å². The molecule has 3 N–H and O–H groups in total. The van der Waals surface area contributed by atoms with Gasteiger partial charge in [-0.2, -0.15) is 0 Å². The molecule has 0 unspecified atom stereocenters. The number of hydrogen-bond donors (Lipinski definition) is 3. The van der Waals surface area contributed by atoms with E-state index in [4.69, 9.17) is 0 Å². The van der Waals surface area contributed by atoms with Crippen molar-refractivity contribution in [1.29, 1.82) is 0 Å². The first kappa shape index (κ1) is 20.3. The van der Waals surface area contributed by atoms with Crippen molar-refractivity contribution in [2.24, 2.45) is 5.92 Å². The molecule has 0 saturated heterocycles. The Kier molecular flexibility index (Phi) is 10.1. The third kappa shape index (κ3) is 6.04. The van der Waals surface area contributed by atoms with Crippen LogP contribution in [0.15, 0.2) is 21.0 Å². The molecular weight excluding hydrogens is 349 g/mol. The average Bonchev–Trinajstić information content (AvgIpc) is 2.95. The van der Waals surface area contributed by atoms with Crippen LogP contribution >= 0.6 is 0 Å². The van der Waals surface area contributed by atoms with Crippen molar-refractivity contribution in [1.82, 2.24) is 9.78 Å². The molecule has 0 fully saturated rings. The van der Waals surface area contributed by atoms with Gasteiger partial charge in [0.05, 0.1) is 0 Å². The van der Waals surface area contributed by atoms with Gasteiger partial charge in [-0.05, 0) is 0 Å². The molecular formula is C18H37N3Zr. The molecule has 1 aliphatic carbocycles. The Balaban J connectivity index is 3.07. The van der Waals surface area contributed by atoms with E-state index in [2.05, 4.69) is 56.6 Å². The third-order valence-corrected chi connectivity index (χ3v) is 13.3. The Bertz CT molecular complexity index is 353. The first-order valence-corrected chi connectivity index (χ1v) is 14.1. The molecule has 0 amide bonds. The Hall–Kier alpha value is 0.243. The van der Waals surface area contributed by atoms with Gasteiger partial charge in [0.2, 0.25) is 0 Å². The van der Waals surface area contributed by atoms with Crippen LogP contribution in [0, 0.1) is 5.92 Å². The van der Waals surface area contributed by atoms with E-state index < -0.39 is 21.1 Å². The molecule has 0 aromatic heterocycles. The second-order valence-corrected chi connectivity index (χ2v) is 14.5. The standard InChI is InChI=1S/C9H13.3C3H8N.Zr/c1-8(2)7-9-5-3-4-6-9;3*1-2-3-4;/h3,5,8H,4,7H2,1-2H3;3*4H,2-3H2,1H3;/q;3*-1;+3. The molecule has 0 aliphatic heterocycles. The molecule has 0 spiro atoms. The topological polar surface area (TPSA) is 36.1 Å². The summed E-state index contributed by atoms with van der Waals surface area (Å²) in [7, 11) is 0. The number of hydrogen-bond acceptors (Lipinski definition) is 3. The summed E-state index contributed by atoms with van der Waals surface area (Å²) >= 11 is -2.88. The van der Waals surface area contributed by atoms with E-state index >= 15 is 0 Å². The molecule has 0 saturated carbocycles. The molecule has 0 heterocycles. The van der Waals surface area contributed by atoms with Crippen molar-refractivity contribution in [3.05, 3.63) is 21.0 Å². The van der Waals surface area contributed by atoms with Gasteiger partial charge in [0.1, 0.15) is 0 Å². The molecule has 0 aromatic rings. The van der Waals surface area contributed by atoms with Crippen LogP contribution in [0.2, 0.25) is 0 Å². The summed E-state index contributed by atoms with van der Waals surface area (Å²) in [6.07, 6.45) is 10.7. The molecule has 0 aromatic carbocycles. The van der Waals surface area contributed by atoms with Crippen molar-refractivity contribution >= 4 is 0 Å². The zero-order valence-electron chi connectivity index (χ0n) is 15.4. The Labute approximate surface area is 144 Å². The quantitative estimate of drug-likeness (QED) is 0.472. The molecule has 1 aliphatic rings. The SMILES string of the molecule is CCC[NH][Zr]([NH]CCC)([NH]CCC)[C]1=C(CC(C)C)C=CC1. The van der Waals surface area contributed by atoms with E-state index in [0.29, 0.717) is 0 Å². The summed E-state index contributed by atoms with van der Waals surface area (Å²) in [6, 6.07) is 0. The molecule has 0 bridgehead atoms. The number of allylic oxidation sites excluding steroid dienone is 4. The van der Waals surface area contributed by atoms with E-state index in [0.717, 1.165) is 32.0 Å². The summed E-state index contributed by atoms with van der Waals surface area (Å²) in [5.41, 5.74) is 1.60. The molecule has 4 heteroatoms. The zero-order valence-corrected chi connectivity index (χ0v) is 17.8. The molecule has 0 atom stereocenters. The first-order valence-electron chi connectivity index (χ1n) is 9.23. The van der Waals surface area contributed by atoms with Crippen molar-refractivity contribution in [3.63, 3.8) is 0 Å². The van der Waals surface area contributed by atoms with E-state index in [1.54, 1.807) is 8.85 Å². The van der Waals surface area contributed by atoms with Gasteiger partial charge in [-0.3, -0.25) is 0 Å². The van der Waals surface area contributed by atoms with Gasteiger partial charge in [-0.15, -0.1) is 0 Å². The molecule has 128 valence electrons. The van der Waals surface area contributed by atoms with Crippen LogP contribution in [-0.4, -0.2) is 19.6 Å². The second-order valence-electron chi connectivity index (χ2n) is 6.74. The van der Waals surface area contributed by atoms with Gasteiger partial charge in [0.25, 0.3) is 0 Å². The Morgan fingerprint density at radius 3 is 1.86 bits per heavy atom. The predicted molar refractivity (Wildman–Crippen MR) is 95.1 cm³/mol. The maximum atomic E-state index is 3.99. The average molecular weight is 387 g/mol. The first-order chi connectivity index (χ1) is 10.6. The van der Waals surface area contributed by atoms with E-state index in [1.807, 2.05) is 0 Å². The normalized spacial score (nSPS) is 15.4. The van der Waals surface area contributed by atoms with E-state index in [9.17, 15) is 0 Å². The van der Waals surface area contributed by atoms with Crippen LogP contribution in [0.5, 0.6) is 0 Å². The van der Waals surface area contributed by atoms with Crippen molar-refractivity contribution in [2.75, 3.05) is 19.6 Å². The fourth-order valence-electron chi connectivity index (χ4n) is 3.02. The maximum absolute atomic E-state index is 3.99. The van der Waals surface area contributed by atoms with Gasteiger partial charge >= 0.3 is 144 Å². The second kappa shape index (κ2) is 10.9. The summed E-state index contributed by atoms with van der Waals surface area (Å²) in [5, 5.41) is 0. The fraction of sp³-hybridized carbons (Fsp3) is 0.778. The molecule has 3 nitrogen and oxygen atoms in total. The van der Waals surface area contributed by atoms with Gasteiger partial charge in [-0.1, -0.05) is 0 Å².